The lowest BCUT2D eigenvalue weighted by Gasteiger charge is -2.42. The molecule has 2 heterocycles. The van der Waals surface area contributed by atoms with Crippen LogP contribution in [-0.2, 0) is 33.2 Å². The molecule has 2 aliphatic rings. The zero-order valence-electron chi connectivity index (χ0n) is 45.8. The summed E-state index contributed by atoms with van der Waals surface area (Å²) >= 11 is 0. The molecule has 0 aromatic carbocycles. The largest absolute Gasteiger partial charge is 0.457 e. The average Bonchev–Trinajstić information content (AvgIpc) is 3.40. The van der Waals surface area contributed by atoms with Gasteiger partial charge in [0.1, 0.15) is 54.9 Å². The Bertz CT molecular complexity index is 1500. The van der Waals surface area contributed by atoms with Gasteiger partial charge >= 0.3 is 5.97 Å². The van der Waals surface area contributed by atoms with Crippen LogP contribution in [0.2, 0.25) is 0 Å². The van der Waals surface area contributed by atoms with Crippen molar-refractivity contribution in [2.45, 2.75) is 268 Å². The number of allylic oxidation sites excluding steroid dienone is 12. The Morgan fingerprint density at radius 3 is 1.39 bits per heavy atom. The van der Waals surface area contributed by atoms with Crippen LogP contribution in [0.4, 0.5) is 0 Å². The van der Waals surface area contributed by atoms with Gasteiger partial charge in [-0.1, -0.05) is 183 Å². The van der Waals surface area contributed by atoms with Crippen molar-refractivity contribution in [2.24, 2.45) is 0 Å². The minimum absolute atomic E-state index is 0.0494. The van der Waals surface area contributed by atoms with Gasteiger partial charge in [-0.25, -0.2) is 0 Å². The number of ether oxygens (including phenoxy) is 6. The number of aliphatic hydroxyl groups excluding tert-OH is 7. The molecule has 7 N–H and O–H groups in total. The van der Waals surface area contributed by atoms with E-state index in [9.17, 15) is 40.5 Å². The lowest BCUT2D eigenvalue weighted by Crippen LogP contribution is -2.61. The second-order valence-electron chi connectivity index (χ2n) is 20.1. The summed E-state index contributed by atoms with van der Waals surface area (Å²) in [7, 11) is 0. The first-order valence-corrected chi connectivity index (χ1v) is 29.0. The van der Waals surface area contributed by atoms with E-state index in [1.807, 2.05) is 0 Å². The predicted octanol–water partition coefficient (Wildman–Crippen LogP) is 10.2. The van der Waals surface area contributed by atoms with Gasteiger partial charge in [0.05, 0.1) is 26.4 Å². The maximum Gasteiger partial charge on any atom is 0.306 e. The van der Waals surface area contributed by atoms with E-state index in [1.54, 1.807) is 0 Å². The fourth-order valence-corrected chi connectivity index (χ4v) is 8.78. The second-order valence-corrected chi connectivity index (χ2v) is 20.1. The molecule has 2 fully saturated rings. The quantitative estimate of drug-likeness (QED) is 0.0172. The van der Waals surface area contributed by atoms with Gasteiger partial charge in [0.2, 0.25) is 0 Å². The zero-order valence-corrected chi connectivity index (χ0v) is 45.8. The molecule has 428 valence electrons. The lowest BCUT2D eigenvalue weighted by atomic mass is 9.98. The Hall–Kier alpha value is -2.57. The Morgan fingerprint density at radius 1 is 0.459 bits per heavy atom. The van der Waals surface area contributed by atoms with Crippen molar-refractivity contribution >= 4 is 5.97 Å². The topological polar surface area (TPSA) is 214 Å². The molecule has 2 aliphatic heterocycles. The van der Waals surface area contributed by atoms with Crippen LogP contribution in [0.5, 0.6) is 0 Å². The number of carbonyl (C=O) groups excluding carboxylic acids is 1. The highest BCUT2D eigenvalue weighted by Gasteiger charge is 2.47. The third kappa shape index (κ3) is 32.9. The number of unbranched alkanes of at least 4 members (excludes halogenated alkanes) is 20. The van der Waals surface area contributed by atoms with Crippen molar-refractivity contribution < 1.29 is 69.0 Å². The van der Waals surface area contributed by atoms with Crippen LogP contribution in [0, 0.1) is 0 Å². The fraction of sp³-hybridized carbons (Fsp3) is 0.783. The van der Waals surface area contributed by atoms with Gasteiger partial charge in [-0.3, -0.25) is 4.79 Å². The molecule has 0 bridgehead atoms. The summed E-state index contributed by atoms with van der Waals surface area (Å²) in [5.74, 6) is -0.389. The first kappa shape index (κ1) is 67.5. The minimum atomic E-state index is -1.71. The fourth-order valence-electron chi connectivity index (χ4n) is 8.78. The summed E-state index contributed by atoms with van der Waals surface area (Å²) in [5, 5.41) is 72.3. The third-order valence-corrected chi connectivity index (χ3v) is 13.4. The third-order valence-electron chi connectivity index (χ3n) is 13.4. The predicted molar refractivity (Wildman–Crippen MR) is 293 cm³/mol. The van der Waals surface area contributed by atoms with Crippen molar-refractivity contribution in [1.82, 2.24) is 0 Å². The van der Waals surface area contributed by atoms with Crippen molar-refractivity contribution in [3.05, 3.63) is 72.9 Å². The van der Waals surface area contributed by atoms with Crippen LogP contribution in [0.25, 0.3) is 0 Å². The van der Waals surface area contributed by atoms with E-state index in [-0.39, 0.29) is 25.6 Å². The van der Waals surface area contributed by atoms with Gasteiger partial charge in [0.25, 0.3) is 0 Å². The molecule has 0 spiro atoms. The highest BCUT2D eigenvalue weighted by Crippen LogP contribution is 2.26. The molecule has 0 radical (unpaired) electrons. The van der Waals surface area contributed by atoms with Crippen LogP contribution in [0.15, 0.2) is 72.9 Å². The van der Waals surface area contributed by atoms with E-state index in [1.165, 1.54) is 77.0 Å². The maximum absolute atomic E-state index is 13.1. The summed E-state index contributed by atoms with van der Waals surface area (Å²) in [5.41, 5.74) is 0. The molecular formula is C60H104O14. The molecular weight excluding hydrogens is 945 g/mol. The Balaban J connectivity index is 1.72. The van der Waals surface area contributed by atoms with E-state index in [0.717, 1.165) is 96.3 Å². The van der Waals surface area contributed by atoms with E-state index >= 15 is 0 Å². The highest BCUT2D eigenvalue weighted by molar-refractivity contribution is 5.69. The van der Waals surface area contributed by atoms with Crippen LogP contribution in [0.3, 0.4) is 0 Å². The number of rotatable bonds is 46. The summed E-state index contributed by atoms with van der Waals surface area (Å²) in [6, 6.07) is 0. The van der Waals surface area contributed by atoms with Gasteiger partial charge in [-0.05, 0) is 83.5 Å². The summed E-state index contributed by atoms with van der Waals surface area (Å²) in [6.07, 6.45) is 42.4. The number of aliphatic hydroxyl groups is 7. The smallest absolute Gasteiger partial charge is 0.306 e. The monoisotopic (exact) mass is 1050 g/mol. The number of carbonyl (C=O) groups is 1. The molecule has 11 unspecified atom stereocenters. The van der Waals surface area contributed by atoms with Crippen LogP contribution in [0.1, 0.15) is 200 Å². The molecule has 14 heteroatoms. The molecule has 0 saturated carbocycles. The highest BCUT2D eigenvalue weighted by atomic mass is 16.7. The molecule has 74 heavy (non-hydrogen) atoms. The maximum atomic E-state index is 13.1. The minimum Gasteiger partial charge on any atom is -0.457 e. The standard InChI is InChI=1S/C60H104O14/c1-3-5-7-9-11-13-15-17-19-21-22-23-24-25-26-27-28-30-32-34-36-38-40-42-44-69-46-49(72-52(62)43-41-39-37-35-33-31-29-20-18-16-14-12-10-8-6-4-2)47-70-59-58(68)56(66)54(64)51(74-59)48-71-60-57(67)55(65)53(63)50(45-61)73-60/h5,7,11,13,17,19-20,22-23,25-26,29,49-51,53-61,63-68H,3-4,6,8-10,12,14-16,18,21,24,27-28,30-48H2,1-2H3/b7-5-,13-11-,19-17-,23-22-,26-25-,29-20-. The van der Waals surface area contributed by atoms with Crippen molar-refractivity contribution in [2.75, 3.05) is 33.0 Å². The van der Waals surface area contributed by atoms with Crippen molar-refractivity contribution in [1.29, 1.82) is 0 Å². The normalized spacial score (nSPS) is 25.3. The van der Waals surface area contributed by atoms with E-state index in [2.05, 4.69) is 86.8 Å². The molecule has 14 nitrogen and oxygen atoms in total. The van der Waals surface area contributed by atoms with Crippen molar-refractivity contribution in [3.8, 4) is 0 Å². The molecule has 2 rings (SSSR count). The summed E-state index contributed by atoms with van der Waals surface area (Å²) in [6.45, 7) is 3.54. The summed E-state index contributed by atoms with van der Waals surface area (Å²) < 4.78 is 34.4. The van der Waals surface area contributed by atoms with Gasteiger partial charge in [-0.15, -0.1) is 0 Å². The van der Waals surface area contributed by atoms with Gasteiger partial charge in [0, 0.05) is 13.0 Å². The number of hydrogen-bond acceptors (Lipinski definition) is 14. The van der Waals surface area contributed by atoms with E-state index in [0.29, 0.717) is 13.0 Å². The Kier molecular flexibility index (Phi) is 42.5. The number of esters is 1. The van der Waals surface area contributed by atoms with Crippen LogP contribution < -0.4 is 0 Å². The SMILES string of the molecule is CC/C=C\C/C=C\C/C=C\C/C=C\C/C=C\CCCCCCCCCCOCC(COC1OC(COC2OC(CO)C(O)C(O)C2O)C(O)C(O)C1O)OC(=O)CCCCCCC/C=C\CCCCCCCCC. The average molecular weight is 1050 g/mol. The second kappa shape index (κ2) is 46.5. The van der Waals surface area contributed by atoms with Gasteiger partial charge < -0.3 is 64.2 Å². The molecule has 0 aromatic rings. The lowest BCUT2D eigenvalue weighted by molar-refractivity contribution is -0.332. The van der Waals surface area contributed by atoms with Gasteiger partial charge in [0.15, 0.2) is 12.6 Å². The van der Waals surface area contributed by atoms with Crippen LogP contribution >= 0.6 is 0 Å². The first-order valence-electron chi connectivity index (χ1n) is 29.0. The Morgan fingerprint density at radius 2 is 0.878 bits per heavy atom. The van der Waals surface area contributed by atoms with E-state index < -0.39 is 80.7 Å². The first-order chi connectivity index (χ1) is 36.1. The number of hydrogen-bond donors (Lipinski definition) is 7. The molecule has 2 saturated heterocycles. The Labute approximate surface area is 447 Å². The zero-order chi connectivity index (χ0) is 53.7. The molecule has 0 aromatic heterocycles. The van der Waals surface area contributed by atoms with Crippen molar-refractivity contribution in [3.63, 3.8) is 0 Å². The molecule has 0 aliphatic carbocycles. The van der Waals surface area contributed by atoms with Gasteiger partial charge in [-0.2, -0.15) is 0 Å². The molecule has 0 amide bonds. The summed E-state index contributed by atoms with van der Waals surface area (Å²) in [4.78, 5) is 13.1. The molecule has 11 atom stereocenters. The van der Waals surface area contributed by atoms with Crippen LogP contribution in [-0.4, -0.2) is 142 Å². The van der Waals surface area contributed by atoms with E-state index in [4.69, 9.17) is 28.4 Å².